The highest BCUT2D eigenvalue weighted by Gasteiger charge is 2.20. The molecule has 0 bridgehead atoms. The molecule has 0 aliphatic rings. The third kappa shape index (κ3) is 2.68. The highest BCUT2D eigenvalue weighted by Crippen LogP contribution is 2.24. The van der Waals surface area contributed by atoms with Crippen molar-refractivity contribution >= 4 is 27.5 Å². The molecule has 92 valence electrons. The smallest absolute Gasteiger partial charge is 0.370 e. The van der Waals surface area contributed by atoms with Gasteiger partial charge in [-0.3, -0.25) is 0 Å². The largest absolute Gasteiger partial charge is 1.00 e. The second kappa shape index (κ2) is 5.33. The molecule has 0 aliphatic carbocycles. The van der Waals surface area contributed by atoms with Crippen LogP contribution in [0.2, 0.25) is 0 Å². The Kier molecular flexibility index (Phi) is 4.31. The Hall–Kier alpha value is -1.33. The molecule has 2 rings (SSSR count). The highest BCUT2D eigenvalue weighted by atomic mass is 35.5. The monoisotopic (exact) mass is 273 g/mol. The average molecular weight is 274 g/mol. The van der Waals surface area contributed by atoms with E-state index in [9.17, 15) is 4.79 Å². The molecule has 1 aromatic carbocycles. The summed E-state index contributed by atoms with van der Waals surface area (Å²) in [6, 6.07) is 5.69. The number of nitrogens with zero attached hydrogens (tertiary/aromatic N) is 1. The van der Waals surface area contributed by atoms with E-state index in [1.165, 1.54) is 0 Å². The number of ether oxygens (including phenoxy) is 1. The van der Waals surface area contributed by atoms with Crippen LogP contribution in [0.3, 0.4) is 0 Å². The summed E-state index contributed by atoms with van der Waals surface area (Å²) in [6.07, 6.45) is 0. The summed E-state index contributed by atoms with van der Waals surface area (Å²) in [4.78, 5) is 10.8. The fourth-order valence-corrected chi connectivity index (χ4v) is 2.64. The van der Waals surface area contributed by atoms with Crippen LogP contribution in [0.5, 0.6) is 5.75 Å². The van der Waals surface area contributed by atoms with Gasteiger partial charge in [0.2, 0.25) is 17.1 Å². The van der Waals surface area contributed by atoms with Crippen LogP contribution >= 0.6 is 11.3 Å². The van der Waals surface area contributed by atoms with Crippen LogP contribution in [0.1, 0.15) is 5.01 Å². The number of aliphatic carboxylic acids is 1. The first kappa shape index (κ1) is 13.7. The minimum absolute atomic E-state index is 0. The van der Waals surface area contributed by atoms with Crippen LogP contribution in [-0.2, 0) is 11.3 Å². The van der Waals surface area contributed by atoms with E-state index < -0.39 is 5.97 Å². The molecule has 0 saturated heterocycles. The zero-order valence-corrected chi connectivity index (χ0v) is 11.0. The maximum atomic E-state index is 10.8. The molecule has 2 aromatic rings. The van der Waals surface area contributed by atoms with Gasteiger partial charge in [0, 0.05) is 6.92 Å². The summed E-state index contributed by atoms with van der Waals surface area (Å²) in [5, 5.41) is 9.83. The lowest BCUT2D eigenvalue weighted by Crippen LogP contribution is -3.00. The van der Waals surface area contributed by atoms with Crippen molar-refractivity contribution in [2.45, 2.75) is 13.5 Å². The Balaban J connectivity index is 0.00000144. The first-order valence-corrected chi connectivity index (χ1v) is 5.62. The molecule has 0 fully saturated rings. The van der Waals surface area contributed by atoms with E-state index in [1.54, 1.807) is 23.0 Å². The Bertz CT molecular complexity index is 553. The first-order valence-electron chi connectivity index (χ1n) is 4.80. The van der Waals surface area contributed by atoms with Crippen molar-refractivity contribution in [3.8, 4) is 5.75 Å². The number of rotatable bonds is 3. The van der Waals surface area contributed by atoms with Gasteiger partial charge >= 0.3 is 5.97 Å². The van der Waals surface area contributed by atoms with Gasteiger partial charge in [-0.1, -0.05) is 11.3 Å². The zero-order chi connectivity index (χ0) is 11.7. The van der Waals surface area contributed by atoms with Crippen molar-refractivity contribution < 1.29 is 31.6 Å². The van der Waals surface area contributed by atoms with E-state index in [0.717, 1.165) is 21.0 Å². The van der Waals surface area contributed by atoms with Crippen LogP contribution in [0, 0.1) is 6.92 Å². The van der Waals surface area contributed by atoms with E-state index in [4.69, 9.17) is 9.84 Å². The fourth-order valence-electron chi connectivity index (χ4n) is 1.64. The molecule has 0 atom stereocenters. The Morgan fingerprint density at radius 3 is 2.82 bits per heavy atom. The Morgan fingerprint density at radius 1 is 1.53 bits per heavy atom. The fraction of sp³-hybridized carbons (Fsp3) is 0.273. The molecule has 1 heterocycles. The van der Waals surface area contributed by atoms with Gasteiger partial charge in [0.15, 0.2) is 0 Å². The number of aromatic nitrogens is 1. The summed E-state index contributed by atoms with van der Waals surface area (Å²) < 4.78 is 7.99. The third-order valence-corrected chi connectivity index (χ3v) is 3.47. The lowest BCUT2D eigenvalue weighted by Gasteiger charge is -1.97. The normalized spacial score (nSPS) is 10.0. The van der Waals surface area contributed by atoms with Crippen molar-refractivity contribution in [1.82, 2.24) is 0 Å². The Labute approximate surface area is 109 Å². The van der Waals surface area contributed by atoms with E-state index >= 15 is 0 Å². The lowest BCUT2D eigenvalue weighted by molar-refractivity contribution is -0.661. The maximum absolute atomic E-state index is 10.8. The average Bonchev–Trinajstić information content (AvgIpc) is 2.54. The summed E-state index contributed by atoms with van der Waals surface area (Å²) in [7, 11) is 1.60. The number of carboxylic acid groups (broad SMARTS) is 1. The molecule has 1 aromatic heterocycles. The number of benzene rings is 1. The number of methoxy groups -OCH3 is 1. The van der Waals surface area contributed by atoms with E-state index in [1.807, 2.05) is 25.1 Å². The first-order chi connectivity index (χ1) is 7.61. The molecule has 0 saturated carbocycles. The van der Waals surface area contributed by atoms with Crippen molar-refractivity contribution in [3.05, 3.63) is 23.2 Å². The van der Waals surface area contributed by atoms with Crippen molar-refractivity contribution in [2.75, 3.05) is 7.11 Å². The quantitative estimate of drug-likeness (QED) is 0.700. The molecule has 0 spiro atoms. The van der Waals surface area contributed by atoms with E-state index in [-0.39, 0.29) is 19.0 Å². The van der Waals surface area contributed by atoms with Crippen LogP contribution in [0.15, 0.2) is 18.2 Å². The molecular formula is C11H12ClNO3S. The number of hydrogen-bond acceptors (Lipinski definition) is 3. The number of fused-ring (bicyclic) bond motifs is 1. The second-order valence-corrected chi connectivity index (χ2v) is 4.67. The van der Waals surface area contributed by atoms with E-state index in [0.29, 0.717) is 0 Å². The molecule has 0 unspecified atom stereocenters. The topological polar surface area (TPSA) is 50.4 Å². The third-order valence-electron chi connectivity index (χ3n) is 2.39. The summed E-state index contributed by atoms with van der Waals surface area (Å²) in [6.45, 7) is 1.90. The van der Waals surface area contributed by atoms with Gasteiger partial charge in [0.1, 0.15) is 10.4 Å². The van der Waals surface area contributed by atoms with Gasteiger partial charge in [0.05, 0.1) is 13.2 Å². The van der Waals surface area contributed by atoms with Gasteiger partial charge in [-0.25, -0.2) is 4.79 Å². The predicted octanol–water partition coefficient (Wildman–Crippen LogP) is -1.41. The summed E-state index contributed by atoms with van der Waals surface area (Å²) in [5.41, 5.74) is 0.907. The second-order valence-electron chi connectivity index (χ2n) is 3.43. The van der Waals surface area contributed by atoms with Crippen LogP contribution in [-0.4, -0.2) is 18.2 Å². The van der Waals surface area contributed by atoms with Gasteiger partial charge in [-0.05, 0) is 12.1 Å². The molecule has 0 amide bonds. The zero-order valence-electron chi connectivity index (χ0n) is 9.44. The van der Waals surface area contributed by atoms with Gasteiger partial charge < -0.3 is 22.3 Å². The number of halogens is 1. The standard InChI is InChI=1S/C11H11NO3S.ClH/c1-7-12(6-11(13)14)9-5-8(15-2)3-4-10(9)16-7;/h3-5H,6H2,1-2H3;1H. The van der Waals surface area contributed by atoms with Gasteiger partial charge in [0.25, 0.3) is 0 Å². The number of carboxylic acids is 1. The summed E-state index contributed by atoms with van der Waals surface area (Å²) in [5.74, 6) is -0.0972. The maximum Gasteiger partial charge on any atom is 0.370 e. The van der Waals surface area contributed by atoms with Crippen LogP contribution < -0.4 is 21.7 Å². The molecule has 0 aliphatic heterocycles. The van der Waals surface area contributed by atoms with Crippen LogP contribution in [0.25, 0.3) is 10.2 Å². The van der Waals surface area contributed by atoms with E-state index in [2.05, 4.69) is 0 Å². The number of hydrogen-bond donors (Lipinski definition) is 1. The van der Waals surface area contributed by atoms with Crippen molar-refractivity contribution in [3.63, 3.8) is 0 Å². The SMILES string of the molecule is COc1ccc2sc(C)[n+](CC(=O)O)c2c1.[Cl-]. The Morgan fingerprint density at radius 2 is 2.24 bits per heavy atom. The van der Waals surface area contributed by atoms with Gasteiger partial charge in [-0.15, -0.1) is 0 Å². The summed E-state index contributed by atoms with van der Waals surface area (Å²) >= 11 is 1.58. The molecule has 0 radical (unpaired) electrons. The lowest BCUT2D eigenvalue weighted by atomic mass is 10.3. The molecule has 4 nitrogen and oxygen atoms in total. The number of aryl methyl sites for hydroxylation is 1. The number of thiazole rings is 1. The number of carbonyl (C=O) groups is 1. The molecule has 17 heavy (non-hydrogen) atoms. The highest BCUT2D eigenvalue weighted by molar-refractivity contribution is 7.18. The minimum Gasteiger partial charge on any atom is -1.00 e. The minimum atomic E-state index is -0.837. The molecular weight excluding hydrogens is 262 g/mol. The molecule has 1 N–H and O–H groups in total. The van der Waals surface area contributed by atoms with Gasteiger partial charge in [-0.2, -0.15) is 4.57 Å². The van der Waals surface area contributed by atoms with Crippen molar-refractivity contribution in [1.29, 1.82) is 0 Å². The van der Waals surface area contributed by atoms with Crippen LogP contribution in [0.4, 0.5) is 0 Å². The molecule has 6 heteroatoms. The predicted molar refractivity (Wildman–Crippen MR) is 60.9 cm³/mol. The van der Waals surface area contributed by atoms with Crippen molar-refractivity contribution in [2.24, 2.45) is 0 Å².